The van der Waals surface area contributed by atoms with Gasteiger partial charge >= 0.3 is 0 Å². The molecule has 0 saturated heterocycles. The number of halogens is 1. The molecule has 2 aromatic rings. The van der Waals surface area contributed by atoms with E-state index in [4.69, 9.17) is 22.1 Å². The first-order valence-corrected chi connectivity index (χ1v) is 7.69. The molecule has 1 aromatic heterocycles. The maximum Gasteiger partial charge on any atom is 0.125 e. The van der Waals surface area contributed by atoms with Crippen LogP contribution in [-0.4, -0.2) is 6.61 Å². The van der Waals surface area contributed by atoms with E-state index < -0.39 is 0 Å². The molecule has 2 nitrogen and oxygen atoms in total. The Balaban J connectivity index is 1.90. The lowest BCUT2D eigenvalue weighted by Gasteiger charge is -2.15. The summed E-state index contributed by atoms with van der Waals surface area (Å²) in [6, 6.07) is 3.97. The average Bonchev–Trinajstić information content (AvgIpc) is 2.97. The Hall–Kier alpha value is -1.03. The summed E-state index contributed by atoms with van der Waals surface area (Å²) >= 11 is 7.87. The molecule has 19 heavy (non-hydrogen) atoms. The van der Waals surface area contributed by atoms with Crippen LogP contribution >= 0.6 is 22.9 Å². The van der Waals surface area contributed by atoms with E-state index >= 15 is 0 Å². The molecule has 0 bridgehead atoms. The van der Waals surface area contributed by atoms with Crippen LogP contribution in [0.5, 0.6) is 5.75 Å². The topological polar surface area (TPSA) is 35.2 Å². The Bertz CT molecular complexity index is 608. The van der Waals surface area contributed by atoms with Gasteiger partial charge in [0.25, 0.3) is 0 Å². The van der Waals surface area contributed by atoms with Gasteiger partial charge in [0.2, 0.25) is 0 Å². The number of rotatable bonds is 3. The Morgan fingerprint density at radius 1 is 1.42 bits per heavy atom. The predicted molar refractivity (Wildman–Crippen MR) is 80.3 cm³/mol. The summed E-state index contributed by atoms with van der Waals surface area (Å²) in [5.74, 6) is 0.993. The van der Waals surface area contributed by atoms with E-state index in [1.54, 1.807) is 11.3 Å². The molecule has 1 unspecified atom stereocenters. The summed E-state index contributed by atoms with van der Waals surface area (Å²) in [6.07, 6.45) is 1.70. The average molecular weight is 294 g/mol. The van der Waals surface area contributed by atoms with Crippen molar-refractivity contribution in [2.24, 2.45) is 5.73 Å². The lowest BCUT2D eigenvalue weighted by Crippen LogP contribution is -2.14. The highest BCUT2D eigenvalue weighted by molar-refractivity contribution is 7.08. The van der Waals surface area contributed by atoms with Gasteiger partial charge in [0.15, 0.2) is 0 Å². The predicted octanol–water partition coefficient (Wildman–Crippen LogP) is 3.89. The first-order chi connectivity index (χ1) is 9.15. The van der Waals surface area contributed by atoms with E-state index in [1.165, 1.54) is 16.7 Å². The van der Waals surface area contributed by atoms with Crippen LogP contribution in [0, 0.1) is 6.92 Å². The van der Waals surface area contributed by atoms with Crippen LogP contribution in [0.15, 0.2) is 22.9 Å². The van der Waals surface area contributed by atoms with Crippen LogP contribution in [-0.2, 0) is 12.8 Å². The molecular formula is C15H16ClNOS. The summed E-state index contributed by atoms with van der Waals surface area (Å²) in [7, 11) is 0. The second-order valence-electron chi connectivity index (χ2n) is 4.97. The maximum absolute atomic E-state index is 6.32. The smallest absolute Gasteiger partial charge is 0.125 e. The molecule has 0 fully saturated rings. The zero-order chi connectivity index (χ0) is 13.4. The number of thiophene rings is 1. The number of nitrogens with two attached hydrogens (primary N) is 1. The number of benzene rings is 1. The van der Waals surface area contributed by atoms with E-state index in [0.29, 0.717) is 0 Å². The van der Waals surface area contributed by atoms with Gasteiger partial charge in [-0.25, -0.2) is 0 Å². The van der Waals surface area contributed by atoms with Gasteiger partial charge in [-0.2, -0.15) is 11.3 Å². The first-order valence-electron chi connectivity index (χ1n) is 6.37. The molecule has 1 aliphatic rings. The van der Waals surface area contributed by atoms with Gasteiger partial charge in [-0.3, -0.25) is 0 Å². The highest BCUT2D eigenvalue weighted by Gasteiger charge is 2.20. The summed E-state index contributed by atoms with van der Waals surface area (Å²) in [4.78, 5) is 0. The molecule has 100 valence electrons. The molecule has 0 aliphatic carbocycles. The molecule has 2 heterocycles. The fourth-order valence-corrected chi connectivity index (χ4v) is 3.77. The quantitative estimate of drug-likeness (QED) is 0.932. The van der Waals surface area contributed by atoms with Gasteiger partial charge in [-0.05, 0) is 58.5 Å². The second kappa shape index (κ2) is 5.16. The number of hydrogen-bond acceptors (Lipinski definition) is 3. The molecule has 0 spiro atoms. The maximum atomic E-state index is 6.32. The third-order valence-corrected chi connectivity index (χ3v) is 4.66. The molecule has 0 radical (unpaired) electrons. The molecule has 3 rings (SSSR count). The summed E-state index contributed by atoms with van der Waals surface area (Å²) in [6.45, 7) is 2.85. The van der Waals surface area contributed by atoms with Crippen LogP contribution < -0.4 is 10.5 Å². The van der Waals surface area contributed by atoms with Crippen molar-refractivity contribution < 1.29 is 4.74 Å². The van der Waals surface area contributed by atoms with Gasteiger partial charge in [0.1, 0.15) is 5.75 Å². The summed E-state index contributed by atoms with van der Waals surface area (Å²) < 4.78 is 5.72. The van der Waals surface area contributed by atoms with Crippen molar-refractivity contribution in [3.63, 3.8) is 0 Å². The van der Waals surface area contributed by atoms with E-state index in [9.17, 15) is 0 Å². The summed E-state index contributed by atoms with van der Waals surface area (Å²) in [5.41, 5.74) is 11.1. The standard InChI is InChI=1S/C15H16ClNOS/c1-9-7-19-8-13(9)14(17)6-11-5-12(16)4-10-2-3-18-15(10)11/h4-5,7-8,14H,2-3,6,17H2,1H3. The van der Waals surface area contributed by atoms with Crippen molar-refractivity contribution in [3.8, 4) is 5.75 Å². The Labute approximate surface area is 122 Å². The molecule has 1 atom stereocenters. The minimum Gasteiger partial charge on any atom is -0.493 e. The Morgan fingerprint density at radius 2 is 2.26 bits per heavy atom. The Morgan fingerprint density at radius 3 is 3.00 bits per heavy atom. The molecule has 1 aromatic carbocycles. The summed E-state index contributed by atoms with van der Waals surface area (Å²) in [5, 5.41) is 5.04. The first kappa shape index (κ1) is 13.0. The lowest BCUT2D eigenvalue weighted by molar-refractivity contribution is 0.352. The van der Waals surface area contributed by atoms with Crippen molar-refractivity contribution in [2.45, 2.75) is 25.8 Å². The van der Waals surface area contributed by atoms with Gasteiger partial charge in [-0.15, -0.1) is 0 Å². The fourth-order valence-electron chi connectivity index (χ4n) is 2.59. The molecular weight excluding hydrogens is 278 g/mol. The van der Waals surface area contributed by atoms with E-state index in [1.807, 2.05) is 12.1 Å². The minimum absolute atomic E-state index is 0.00184. The molecule has 1 aliphatic heterocycles. The van der Waals surface area contributed by atoms with Gasteiger partial charge < -0.3 is 10.5 Å². The lowest BCUT2D eigenvalue weighted by atomic mass is 9.97. The number of ether oxygens (including phenoxy) is 1. The van der Waals surface area contributed by atoms with Crippen molar-refractivity contribution in [2.75, 3.05) is 6.61 Å². The highest BCUT2D eigenvalue weighted by Crippen LogP contribution is 2.35. The minimum atomic E-state index is -0.00184. The largest absolute Gasteiger partial charge is 0.493 e. The van der Waals surface area contributed by atoms with Gasteiger partial charge in [-0.1, -0.05) is 11.6 Å². The SMILES string of the molecule is Cc1cscc1C(N)Cc1cc(Cl)cc2c1OCC2. The van der Waals surface area contributed by atoms with E-state index in [0.717, 1.165) is 35.8 Å². The van der Waals surface area contributed by atoms with Crippen LogP contribution in [0.3, 0.4) is 0 Å². The van der Waals surface area contributed by atoms with Crippen LogP contribution in [0.4, 0.5) is 0 Å². The fraction of sp³-hybridized carbons (Fsp3) is 0.333. The third kappa shape index (κ3) is 2.50. The van der Waals surface area contributed by atoms with Crippen molar-refractivity contribution in [1.82, 2.24) is 0 Å². The van der Waals surface area contributed by atoms with Gasteiger partial charge in [0.05, 0.1) is 6.61 Å². The molecule has 2 N–H and O–H groups in total. The molecule has 4 heteroatoms. The zero-order valence-corrected chi connectivity index (χ0v) is 12.4. The zero-order valence-electron chi connectivity index (χ0n) is 10.8. The van der Waals surface area contributed by atoms with Gasteiger partial charge in [0, 0.05) is 17.5 Å². The van der Waals surface area contributed by atoms with Crippen molar-refractivity contribution >= 4 is 22.9 Å². The van der Waals surface area contributed by atoms with Crippen molar-refractivity contribution in [3.05, 3.63) is 50.2 Å². The normalized spacial score (nSPS) is 15.1. The van der Waals surface area contributed by atoms with E-state index in [2.05, 4.69) is 17.7 Å². The van der Waals surface area contributed by atoms with Crippen LogP contribution in [0.1, 0.15) is 28.3 Å². The van der Waals surface area contributed by atoms with E-state index in [-0.39, 0.29) is 6.04 Å². The number of hydrogen-bond donors (Lipinski definition) is 1. The Kier molecular flexibility index (Phi) is 3.52. The van der Waals surface area contributed by atoms with Crippen LogP contribution in [0.2, 0.25) is 5.02 Å². The molecule has 0 amide bonds. The second-order valence-corrected chi connectivity index (χ2v) is 6.15. The highest BCUT2D eigenvalue weighted by atomic mass is 35.5. The third-order valence-electron chi connectivity index (χ3n) is 3.56. The van der Waals surface area contributed by atoms with Crippen molar-refractivity contribution in [1.29, 1.82) is 0 Å². The van der Waals surface area contributed by atoms with Crippen LogP contribution in [0.25, 0.3) is 0 Å². The number of fused-ring (bicyclic) bond motifs is 1. The molecule has 0 saturated carbocycles. The number of aryl methyl sites for hydroxylation is 1. The monoisotopic (exact) mass is 293 g/mol.